The van der Waals surface area contributed by atoms with Crippen LogP contribution in [0.2, 0.25) is 0 Å². The standard InChI is InChI=1S/C17H18N4O3S/c1-12-9-13(24-19-12)10-20-4-6-21(7-5-20)17(22)14-11-25-16(18-14)15-3-2-8-23-15/h2-3,8-9,11H,4-7,10H2,1H3. The van der Waals surface area contributed by atoms with Gasteiger partial charge >= 0.3 is 0 Å². The van der Waals surface area contributed by atoms with Crippen molar-refractivity contribution in [2.45, 2.75) is 13.5 Å². The van der Waals surface area contributed by atoms with Gasteiger partial charge in [-0.15, -0.1) is 11.3 Å². The van der Waals surface area contributed by atoms with Crippen LogP contribution in [0.15, 0.2) is 38.8 Å². The molecule has 0 radical (unpaired) electrons. The normalized spacial score (nSPS) is 15.6. The average molecular weight is 358 g/mol. The number of piperazine rings is 1. The van der Waals surface area contributed by atoms with E-state index in [0.717, 1.165) is 36.1 Å². The third kappa shape index (κ3) is 3.49. The van der Waals surface area contributed by atoms with Crippen molar-refractivity contribution in [3.05, 3.63) is 47.0 Å². The van der Waals surface area contributed by atoms with Crippen LogP contribution in [0, 0.1) is 6.92 Å². The summed E-state index contributed by atoms with van der Waals surface area (Å²) in [4.78, 5) is 21.2. The van der Waals surface area contributed by atoms with Gasteiger partial charge in [-0.3, -0.25) is 9.69 Å². The highest BCUT2D eigenvalue weighted by atomic mass is 32.1. The molecular weight excluding hydrogens is 340 g/mol. The fourth-order valence-electron chi connectivity index (χ4n) is 2.87. The molecule has 0 unspecified atom stereocenters. The SMILES string of the molecule is Cc1cc(CN2CCN(C(=O)c3csc(-c4ccco4)n3)CC2)on1. The van der Waals surface area contributed by atoms with E-state index in [2.05, 4.69) is 15.0 Å². The zero-order chi connectivity index (χ0) is 17.2. The zero-order valence-corrected chi connectivity index (χ0v) is 14.7. The van der Waals surface area contributed by atoms with Crippen molar-refractivity contribution >= 4 is 17.2 Å². The Morgan fingerprint density at radius 1 is 1.32 bits per heavy atom. The Hall–Kier alpha value is -2.45. The van der Waals surface area contributed by atoms with E-state index < -0.39 is 0 Å². The molecule has 8 heteroatoms. The fraction of sp³-hybridized carbons (Fsp3) is 0.353. The molecule has 0 N–H and O–H groups in total. The largest absolute Gasteiger partial charge is 0.462 e. The summed E-state index contributed by atoms with van der Waals surface area (Å²) in [5.74, 6) is 1.53. The fourth-order valence-corrected chi connectivity index (χ4v) is 3.63. The molecule has 1 fully saturated rings. The Labute approximate surface area is 148 Å². The monoisotopic (exact) mass is 358 g/mol. The van der Waals surface area contributed by atoms with Crippen LogP contribution < -0.4 is 0 Å². The quantitative estimate of drug-likeness (QED) is 0.714. The maximum absolute atomic E-state index is 12.6. The molecule has 0 saturated carbocycles. The predicted octanol–water partition coefficient (Wildman–Crippen LogP) is 2.66. The van der Waals surface area contributed by atoms with Gasteiger partial charge in [-0.1, -0.05) is 5.16 Å². The van der Waals surface area contributed by atoms with Crippen LogP contribution in [0.5, 0.6) is 0 Å². The van der Waals surface area contributed by atoms with Crippen LogP contribution in [0.4, 0.5) is 0 Å². The molecule has 4 rings (SSSR count). The number of rotatable bonds is 4. The molecular formula is C17H18N4O3S. The zero-order valence-electron chi connectivity index (χ0n) is 13.8. The van der Waals surface area contributed by atoms with Crippen LogP contribution in [0.25, 0.3) is 10.8 Å². The molecule has 25 heavy (non-hydrogen) atoms. The number of carbonyl (C=O) groups excluding carboxylic acids is 1. The Morgan fingerprint density at radius 3 is 2.84 bits per heavy atom. The van der Waals surface area contributed by atoms with Gasteiger partial charge < -0.3 is 13.8 Å². The van der Waals surface area contributed by atoms with Gasteiger partial charge in [-0.05, 0) is 19.1 Å². The second-order valence-electron chi connectivity index (χ2n) is 6.02. The van der Waals surface area contributed by atoms with Gasteiger partial charge in [0.2, 0.25) is 0 Å². The first-order chi connectivity index (χ1) is 12.2. The first-order valence-corrected chi connectivity index (χ1v) is 9.00. The van der Waals surface area contributed by atoms with Gasteiger partial charge in [0.1, 0.15) is 5.69 Å². The summed E-state index contributed by atoms with van der Waals surface area (Å²) >= 11 is 1.42. The summed E-state index contributed by atoms with van der Waals surface area (Å²) in [5, 5.41) is 6.43. The van der Waals surface area contributed by atoms with Crippen molar-refractivity contribution in [1.82, 2.24) is 19.9 Å². The van der Waals surface area contributed by atoms with E-state index in [4.69, 9.17) is 8.94 Å². The van der Waals surface area contributed by atoms with Crippen LogP contribution in [0.1, 0.15) is 21.9 Å². The van der Waals surface area contributed by atoms with Gasteiger partial charge in [0, 0.05) is 37.6 Å². The van der Waals surface area contributed by atoms with Gasteiger partial charge in [0.15, 0.2) is 16.5 Å². The van der Waals surface area contributed by atoms with Crippen molar-refractivity contribution in [2.75, 3.05) is 26.2 Å². The summed E-state index contributed by atoms with van der Waals surface area (Å²) in [6.07, 6.45) is 1.60. The van der Waals surface area contributed by atoms with E-state index in [0.29, 0.717) is 24.5 Å². The number of hydrogen-bond acceptors (Lipinski definition) is 7. The molecule has 0 aromatic carbocycles. The lowest BCUT2D eigenvalue weighted by Gasteiger charge is -2.33. The lowest BCUT2D eigenvalue weighted by atomic mass is 10.2. The van der Waals surface area contributed by atoms with Crippen molar-refractivity contribution in [3.8, 4) is 10.8 Å². The Balaban J connectivity index is 1.35. The smallest absolute Gasteiger partial charge is 0.273 e. The molecule has 0 atom stereocenters. The van der Waals surface area contributed by atoms with Gasteiger partial charge in [0.05, 0.1) is 18.5 Å². The average Bonchev–Trinajstić information content (AvgIpc) is 3.36. The molecule has 1 saturated heterocycles. The maximum Gasteiger partial charge on any atom is 0.273 e. The number of aryl methyl sites for hydroxylation is 1. The number of nitrogens with zero attached hydrogens (tertiary/aromatic N) is 4. The molecule has 1 aliphatic heterocycles. The van der Waals surface area contributed by atoms with Crippen LogP contribution >= 0.6 is 11.3 Å². The van der Waals surface area contributed by atoms with E-state index >= 15 is 0 Å². The summed E-state index contributed by atoms with van der Waals surface area (Å²) in [7, 11) is 0. The molecule has 0 aliphatic carbocycles. The number of carbonyl (C=O) groups is 1. The van der Waals surface area contributed by atoms with E-state index in [1.54, 1.807) is 11.6 Å². The topological polar surface area (TPSA) is 75.6 Å². The summed E-state index contributed by atoms with van der Waals surface area (Å²) in [6, 6.07) is 5.60. The predicted molar refractivity (Wildman–Crippen MR) is 92.2 cm³/mol. The van der Waals surface area contributed by atoms with Gasteiger partial charge in [-0.25, -0.2) is 4.98 Å². The molecule has 3 aromatic rings. The molecule has 1 aliphatic rings. The number of aromatic nitrogens is 2. The highest BCUT2D eigenvalue weighted by molar-refractivity contribution is 7.13. The maximum atomic E-state index is 12.6. The molecule has 0 bridgehead atoms. The second kappa shape index (κ2) is 6.81. The lowest BCUT2D eigenvalue weighted by molar-refractivity contribution is 0.0612. The molecule has 3 aromatic heterocycles. The number of furan rings is 1. The van der Waals surface area contributed by atoms with Crippen LogP contribution in [-0.4, -0.2) is 52.0 Å². The minimum absolute atomic E-state index is 0.0239. The van der Waals surface area contributed by atoms with Gasteiger partial charge in [0.25, 0.3) is 5.91 Å². The Morgan fingerprint density at radius 2 is 2.16 bits per heavy atom. The molecule has 130 valence electrons. The van der Waals surface area contributed by atoms with E-state index in [1.165, 1.54) is 11.3 Å². The highest BCUT2D eigenvalue weighted by Gasteiger charge is 2.24. The minimum atomic E-state index is -0.0239. The summed E-state index contributed by atoms with van der Waals surface area (Å²) in [6.45, 7) is 5.61. The molecule has 4 heterocycles. The molecule has 0 spiro atoms. The molecule has 7 nitrogen and oxygen atoms in total. The third-order valence-electron chi connectivity index (χ3n) is 4.17. The summed E-state index contributed by atoms with van der Waals surface area (Å²) < 4.78 is 10.6. The van der Waals surface area contributed by atoms with Crippen molar-refractivity contribution < 1.29 is 13.7 Å². The van der Waals surface area contributed by atoms with Crippen LogP contribution in [0.3, 0.4) is 0 Å². The van der Waals surface area contributed by atoms with Gasteiger partial charge in [-0.2, -0.15) is 0 Å². The third-order valence-corrected chi connectivity index (χ3v) is 5.03. The first kappa shape index (κ1) is 16.0. The minimum Gasteiger partial charge on any atom is -0.462 e. The van der Waals surface area contributed by atoms with Crippen molar-refractivity contribution in [3.63, 3.8) is 0 Å². The van der Waals surface area contributed by atoms with E-state index in [-0.39, 0.29) is 5.91 Å². The van der Waals surface area contributed by atoms with E-state index in [1.807, 2.05) is 30.0 Å². The number of thiazole rings is 1. The Bertz CT molecular complexity index is 847. The van der Waals surface area contributed by atoms with Crippen LogP contribution in [-0.2, 0) is 6.54 Å². The second-order valence-corrected chi connectivity index (χ2v) is 6.88. The van der Waals surface area contributed by atoms with Crippen molar-refractivity contribution in [1.29, 1.82) is 0 Å². The molecule has 1 amide bonds. The number of amides is 1. The first-order valence-electron chi connectivity index (χ1n) is 8.12. The summed E-state index contributed by atoms with van der Waals surface area (Å²) in [5.41, 5.74) is 1.37. The lowest BCUT2D eigenvalue weighted by Crippen LogP contribution is -2.48. The van der Waals surface area contributed by atoms with Crippen molar-refractivity contribution in [2.24, 2.45) is 0 Å². The number of hydrogen-bond donors (Lipinski definition) is 0. The van der Waals surface area contributed by atoms with E-state index in [9.17, 15) is 4.79 Å². The Kier molecular flexibility index (Phi) is 4.37. The highest BCUT2D eigenvalue weighted by Crippen LogP contribution is 2.24.